The first-order valence-corrected chi connectivity index (χ1v) is 11.7. The molecule has 9 heteroatoms. The zero-order valence-corrected chi connectivity index (χ0v) is 19.4. The Morgan fingerprint density at radius 2 is 1.80 bits per heavy atom. The highest BCUT2D eigenvalue weighted by molar-refractivity contribution is 5.86. The zero-order valence-electron chi connectivity index (χ0n) is 19.4. The van der Waals surface area contributed by atoms with Gasteiger partial charge in [0.2, 0.25) is 0 Å². The third kappa shape index (κ3) is 4.04. The molecule has 0 aromatic heterocycles. The summed E-state index contributed by atoms with van der Waals surface area (Å²) >= 11 is 0. The lowest BCUT2D eigenvalue weighted by molar-refractivity contribution is -0.162. The maximum Gasteiger partial charge on any atom is 0.407 e. The molecular weight excluding hydrogens is 452 g/mol. The van der Waals surface area contributed by atoms with Crippen LogP contribution in [0.5, 0.6) is 0 Å². The molecule has 0 bridgehead atoms. The molecule has 0 saturated carbocycles. The van der Waals surface area contributed by atoms with Crippen LogP contribution in [0.3, 0.4) is 0 Å². The second-order valence-corrected chi connectivity index (χ2v) is 9.18. The minimum Gasteiger partial charge on any atom is -0.479 e. The number of carbonyl (C=O) groups excluding carboxylic acids is 2. The van der Waals surface area contributed by atoms with Gasteiger partial charge in [-0.1, -0.05) is 48.5 Å². The standard InChI is InChI=1S/C26H28N2O7/c1-33-22(23(29)28-13-16-10-11-35-26(16,15-28)24(30)31)12-27-25(32)34-14-21-19-8-4-2-6-17(19)18-7-3-5-9-20(18)21/h2-9,16,21-22H,10-15H2,1H3,(H,27,32)(H,30,31). The number of aliphatic carboxylic acids is 1. The van der Waals surface area contributed by atoms with Crippen molar-refractivity contribution >= 4 is 18.0 Å². The van der Waals surface area contributed by atoms with Crippen molar-refractivity contribution < 1.29 is 33.7 Å². The summed E-state index contributed by atoms with van der Waals surface area (Å²) in [4.78, 5) is 38.7. The lowest BCUT2D eigenvalue weighted by atomic mass is 9.91. The second kappa shape index (κ2) is 9.31. The van der Waals surface area contributed by atoms with Crippen molar-refractivity contribution in [3.63, 3.8) is 0 Å². The Bertz CT molecular complexity index is 1110. The Labute approximate surface area is 203 Å². The van der Waals surface area contributed by atoms with Crippen LogP contribution in [0.1, 0.15) is 23.5 Å². The number of rotatable bonds is 7. The van der Waals surface area contributed by atoms with E-state index in [-0.39, 0.29) is 44.0 Å². The number of nitrogens with zero attached hydrogens (tertiary/aromatic N) is 1. The number of alkyl carbamates (subject to hydrolysis) is 1. The van der Waals surface area contributed by atoms with Crippen LogP contribution in [0.15, 0.2) is 48.5 Å². The normalized spacial score (nSPS) is 23.3. The number of carbonyl (C=O) groups is 3. The Morgan fingerprint density at radius 1 is 1.14 bits per heavy atom. The maximum absolute atomic E-state index is 13.0. The molecule has 1 aliphatic carbocycles. The topological polar surface area (TPSA) is 114 Å². The van der Waals surface area contributed by atoms with Crippen molar-refractivity contribution in [2.24, 2.45) is 5.92 Å². The first-order chi connectivity index (χ1) is 16.9. The number of hydrogen-bond donors (Lipinski definition) is 2. The molecule has 2 aromatic rings. The number of ether oxygens (including phenoxy) is 3. The number of carboxylic acid groups (broad SMARTS) is 1. The average molecular weight is 481 g/mol. The van der Waals surface area contributed by atoms with E-state index in [4.69, 9.17) is 14.2 Å². The van der Waals surface area contributed by atoms with E-state index < -0.39 is 23.8 Å². The van der Waals surface area contributed by atoms with Gasteiger partial charge in [0, 0.05) is 32.1 Å². The monoisotopic (exact) mass is 480 g/mol. The maximum atomic E-state index is 13.0. The molecule has 3 unspecified atom stereocenters. The Balaban J connectivity index is 1.17. The number of benzene rings is 2. The van der Waals surface area contributed by atoms with Crippen molar-refractivity contribution in [3.05, 3.63) is 59.7 Å². The summed E-state index contributed by atoms with van der Waals surface area (Å²) in [7, 11) is 1.38. The number of methoxy groups -OCH3 is 1. The molecule has 0 spiro atoms. The van der Waals surface area contributed by atoms with Crippen molar-refractivity contribution in [1.29, 1.82) is 0 Å². The van der Waals surface area contributed by atoms with E-state index in [0.717, 1.165) is 22.3 Å². The van der Waals surface area contributed by atoms with Crippen LogP contribution in [-0.2, 0) is 23.8 Å². The van der Waals surface area contributed by atoms with Crippen molar-refractivity contribution in [2.45, 2.75) is 24.0 Å². The molecule has 2 amide bonds. The van der Waals surface area contributed by atoms with Crippen LogP contribution < -0.4 is 5.32 Å². The lowest BCUT2D eigenvalue weighted by Crippen LogP contribution is -2.49. The van der Waals surface area contributed by atoms with Gasteiger partial charge in [-0.25, -0.2) is 9.59 Å². The summed E-state index contributed by atoms with van der Waals surface area (Å²) in [5.74, 6) is -1.76. The number of nitrogens with one attached hydrogen (secondary N) is 1. The molecule has 3 atom stereocenters. The third-order valence-electron chi connectivity index (χ3n) is 7.36. The highest BCUT2D eigenvalue weighted by Gasteiger charge is 2.58. The quantitative estimate of drug-likeness (QED) is 0.625. The van der Waals surface area contributed by atoms with Gasteiger partial charge in [-0.2, -0.15) is 0 Å². The largest absolute Gasteiger partial charge is 0.479 e. The van der Waals surface area contributed by atoms with Crippen molar-refractivity contribution in [1.82, 2.24) is 10.2 Å². The van der Waals surface area contributed by atoms with E-state index in [1.807, 2.05) is 36.4 Å². The Morgan fingerprint density at radius 3 is 2.40 bits per heavy atom. The van der Waals surface area contributed by atoms with Crippen molar-refractivity contribution in [3.8, 4) is 11.1 Å². The van der Waals surface area contributed by atoms with Gasteiger partial charge in [-0.15, -0.1) is 0 Å². The van der Waals surface area contributed by atoms with Crippen LogP contribution >= 0.6 is 0 Å². The molecule has 2 aromatic carbocycles. The molecule has 2 fully saturated rings. The average Bonchev–Trinajstić information content (AvgIpc) is 3.53. The first-order valence-electron chi connectivity index (χ1n) is 11.7. The van der Waals surface area contributed by atoms with E-state index in [0.29, 0.717) is 13.0 Å². The smallest absolute Gasteiger partial charge is 0.407 e. The van der Waals surface area contributed by atoms with E-state index in [1.165, 1.54) is 12.0 Å². The fraction of sp³-hybridized carbons (Fsp3) is 0.423. The summed E-state index contributed by atoms with van der Waals surface area (Å²) in [6, 6.07) is 16.1. The summed E-state index contributed by atoms with van der Waals surface area (Å²) in [6.45, 7) is 0.703. The van der Waals surface area contributed by atoms with Crippen LogP contribution in [-0.4, -0.2) is 79.6 Å². The van der Waals surface area contributed by atoms with Crippen molar-refractivity contribution in [2.75, 3.05) is 40.0 Å². The van der Waals surface area contributed by atoms with Crippen LogP contribution in [0.4, 0.5) is 4.79 Å². The molecule has 2 N–H and O–H groups in total. The molecule has 3 aliphatic rings. The molecule has 5 rings (SSSR count). The van der Waals surface area contributed by atoms with Gasteiger partial charge >= 0.3 is 12.1 Å². The summed E-state index contributed by atoms with van der Waals surface area (Å²) < 4.78 is 16.4. The lowest BCUT2D eigenvalue weighted by Gasteiger charge is -2.25. The number of fused-ring (bicyclic) bond motifs is 4. The molecular formula is C26H28N2O7. The third-order valence-corrected chi connectivity index (χ3v) is 7.36. The van der Waals surface area contributed by atoms with Crippen LogP contribution in [0, 0.1) is 5.92 Å². The molecule has 0 radical (unpaired) electrons. The second-order valence-electron chi connectivity index (χ2n) is 9.18. The molecule has 2 aliphatic heterocycles. The highest BCUT2D eigenvalue weighted by atomic mass is 16.6. The fourth-order valence-corrected chi connectivity index (χ4v) is 5.53. The van der Waals surface area contributed by atoms with E-state index in [2.05, 4.69) is 17.4 Å². The number of carboxylic acids is 1. The minimum atomic E-state index is -1.35. The van der Waals surface area contributed by atoms with Gasteiger partial charge in [0.1, 0.15) is 6.61 Å². The summed E-state index contributed by atoms with van der Waals surface area (Å²) in [5, 5.41) is 12.3. The van der Waals surface area contributed by atoms with E-state index >= 15 is 0 Å². The van der Waals surface area contributed by atoms with Gasteiger partial charge in [-0.3, -0.25) is 4.79 Å². The van der Waals surface area contributed by atoms with E-state index in [1.54, 1.807) is 0 Å². The Kier molecular flexibility index (Phi) is 6.21. The fourth-order valence-electron chi connectivity index (χ4n) is 5.53. The highest BCUT2D eigenvalue weighted by Crippen LogP contribution is 2.44. The van der Waals surface area contributed by atoms with E-state index in [9.17, 15) is 19.5 Å². The molecule has 2 heterocycles. The Hall–Kier alpha value is -3.43. The molecule has 184 valence electrons. The molecule has 35 heavy (non-hydrogen) atoms. The summed E-state index contributed by atoms with van der Waals surface area (Å²) in [6.07, 6.45) is -1.02. The number of hydrogen-bond acceptors (Lipinski definition) is 6. The minimum absolute atomic E-state index is 0.0311. The zero-order chi connectivity index (χ0) is 24.6. The number of amides is 2. The number of likely N-dealkylation sites (tertiary alicyclic amines) is 1. The predicted octanol–water partition coefficient (Wildman–Crippen LogP) is 2.24. The SMILES string of the molecule is COC(CNC(=O)OCC1c2ccccc2-c2ccccc21)C(=O)N1CC2CCOC2(C(=O)O)C1. The first kappa shape index (κ1) is 23.3. The summed E-state index contributed by atoms with van der Waals surface area (Å²) in [5.41, 5.74) is 3.15. The molecule has 9 nitrogen and oxygen atoms in total. The van der Waals surface area contributed by atoms with Gasteiger partial charge in [0.25, 0.3) is 5.91 Å². The van der Waals surface area contributed by atoms with Gasteiger partial charge in [-0.05, 0) is 28.7 Å². The van der Waals surface area contributed by atoms with Gasteiger partial charge in [0.05, 0.1) is 13.1 Å². The van der Waals surface area contributed by atoms with Crippen LogP contribution in [0.25, 0.3) is 11.1 Å². The van der Waals surface area contributed by atoms with Gasteiger partial charge < -0.3 is 29.5 Å². The van der Waals surface area contributed by atoms with Crippen LogP contribution in [0.2, 0.25) is 0 Å². The predicted molar refractivity (Wildman–Crippen MR) is 125 cm³/mol. The van der Waals surface area contributed by atoms with Gasteiger partial charge in [0.15, 0.2) is 11.7 Å². The molecule has 2 saturated heterocycles.